The molecule has 0 spiro atoms. The summed E-state index contributed by atoms with van der Waals surface area (Å²) in [5.74, 6) is 0.768. The van der Waals surface area contributed by atoms with Crippen molar-refractivity contribution < 1.29 is 0 Å². The molecule has 0 atom stereocenters. The predicted octanol–water partition coefficient (Wildman–Crippen LogP) is 4.20. The van der Waals surface area contributed by atoms with Gasteiger partial charge in [0.05, 0.1) is 0 Å². The molecule has 3 rings (SSSR count). The highest BCUT2D eigenvalue weighted by atomic mass is 32.1. The molecule has 0 radical (unpaired) electrons. The molecule has 0 aromatic carbocycles. The SMILES string of the molecule is Cc1cc2cccnc2n(NCC2CCCCC2)c1=S. The molecule has 20 heavy (non-hydrogen) atoms. The molecular formula is C16H21N3S. The lowest BCUT2D eigenvalue weighted by Crippen LogP contribution is -2.25. The van der Waals surface area contributed by atoms with Crippen LogP contribution >= 0.6 is 12.2 Å². The summed E-state index contributed by atoms with van der Waals surface area (Å²) in [6.45, 7) is 3.05. The second-order valence-electron chi connectivity index (χ2n) is 5.75. The van der Waals surface area contributed by atoms with Gasteiger partial charge < -0.3 is 5.43 Å². The number of rotatable bonds is 3. The highest BCUT2D eigenvalue weighted by Gasteiger charge is 2.13. The van der Waals surface area contributed by atoms with Crippen LogP contribution in [0.2, 0.25) is 0 Å². The number of aryl methyl sites for hydroxylation is 1. The molecule has 1 fully saturated rings. The summed E-state index contributed by atoms with van der Waals surface area (Å²) < 4.78 is 2.83. The monoisotopic (exact) mass is 287 g/mol. The van der Waals surface area contributed by atoms with Crippen LogP contribution in [0.25, 0.3) is 11.0 Å². The Morgan fingerprint density at radius 3 is 2.95 bits per heavy atom. The molecule has 0 amide bonds. The van der Waals surface area contributed by atoms with Crippen molar-refractivity contribution in [2.45, 2.75) is 39.0 Å². The third-order valence-corrected chi connectivity index (χ3v) is 4.71. The van der Waals surface area contributed by atoms with Crippen molar-refractivity contribution in [3.05, 3.63) is 34.6 Å². The zero-order valence-electron chi connectivity index (χ0n) is 11.9. The van der Waals surface area contributed by atoms with Gasteiger partial charge in [0.15, 0.2) is 5.65 Å². The van der Waals surface area contributed by atoms with Crippen LogP contribution in [0.3, 0.4) is 0 Å². The van der Waals surface area contributed by atoms with Gasteiger partial charge in [-0.3, -0.25) is 0 Å². The molecule has 2 aromatic heterocycles. The lowest BCUT2D eigenvalue weighted by atomic mass is 9.89. The molecular weight excluding hydrogens is 266 g/mol. The fourth-order valence-electron chi connectivity index (χ4n) is 3.03. The third kappa shape index (κ3) is 2.70. The van der Waals surface area contributed by atoms with Crippen LogP contribution in [0, 0.1) is 17.5 Å². The topological polar surface area (TPSA) is 29.9 Å². The molecule has 1 aliphatic rings. The van der Waals surface area contributed by atoms with Crippen molar-refractivity contribution in [1.29, 1.82) is 0 Å². The smallest absolute Gasteiger partial charge is 0.159 e. The van der Waals surface area contributed by atoms with Gasteiger partial charge in [0.2, 0.25) is 0 Å². The average molecular weight is 287 g/mol. The van der Waals surface area contributed by atoms with Gasteiger partial charge in [-0.2, -0.15) is 0 Å². The molecule has 1 N–H and O–H groups in total. The number of hydrogen-bond donors (Lipinski definition) is 1. The maximum atomic E-state index is 5.55. The van der Waals surface area contributed by atoms with E-state index in [1.165, 1.54) is 32.1 Å². The van der Waals surface area contributed by atoms with Crippen molar-refractivity contribution >= 4 is 23.3 Å². The van der Waals surface area contributed by atoms with E-state index in [9.17, 15) is 0 Å². The van der Waals surface area contributed by atoms with Gasteiger partial charge in [0, 0.05) is 18.1 Å². The van der Waals surface area contributed by atoms with E-state index in [0.29, 0.717) is 0 Å². The fourth-order valence-corrected chi connectivity index (χ4v) is 3.24. The lowest BCUT2D eigenvalue weighted by Gasteiger charge is -2.23. The fraction of sp³-hybridized carbons (Fsp3) is 0.500. The Kier molecular flexibility index (Phi) is 4.01. The van der Waals surface area contributed by atoms with Gasteiger partial charge in [0.1, 0.15) is 4.64 Å². The van der Waals surface area contributed by atoms with Crippen LogP contribution in [-0.4, -0.2) is 16.2 Å². The van der Waals surface area contributed by atoms with Gasteiger partial charge in [-0.25, -0.2) is 9.66 Å². The van der Waals surface area contributed by atoms with Crippen LogP contribution < -0.4 is 5.43 Å². The normalized spacial score (nSPS) is 16.4. The van der Waals surface area contributed by atoms with E-state index in [1.807, 2.05) is 16.9 Å². The molecule has 0 saturated heterocycles. The van der Waals surface area contributed by atoms with E-state index < -0.39 is 0 Å². The van der Waals surface area contributed by atoms with Crippen molar-refractivity contribution in [1.82, 2.24) is 9.66 Å². The molecule has 0 aliphatic heterocycles. The van der Waals surface area contributed by atoms with Crippen LogP contribution in [0.1, 0.15) is 37.7 Å². The number of hydrogen-bond acceptors (Lipinski definition) is 3. The third-order valence-electron chi connectivity index (χ3n) is 4.20. The lowest BCUT2D eigenvalue weighted by molar-refractivity contribution is 0.366. The Morgan fingerprint density at radius 1 is 1.35 bits per heavy atom. The number of fused-ring (bicyclic) bond motifs is 1. The first-order valence-electron chi connectivity index (χ1n) is 7.47. The molecule has 3 nitrogen and oxygen atoms in total. The molecule has 2 heterocycles. The Hall–Kier alpha value is -1.42. The molecule has 1 aliphatic carbocycles. The zero-order chi connectivity index (χ0) is 13.9. The van der Waals surface area contributed by atoms with E-state index in [2.05, 4.69) is 29.5 Å². The second-order valence-corrected chi connectivity index (χ2v) is 6.14. The number of aromatic nitrogens is 2. The standard InChI is InChI=1S/C16H21N3S/c1-12-10-14-8-5-9-17-15(14)19(16(12)20)18-11-13-6-3-2-4-7-13/h5,8-10,13,18H,2-4,6-7,11H2,1H3. The van der Waals surface area contributed by atoms with E-state index >= 15 is 0 Å². The Bertz CT molecular complexity index is 656. The van der Waals surface area contributed by atoms with Crippen molar-refractivity contribution in [2.75, 3.05) is 12.0 Å². The van der Waals surface area contributed by atoms with Gasteiger partial charge in [0.25, 0.3) is 0 Å². The van der Waals surface area contributed by atoms with Crippen LogP contribution in [0.4, 0.5) is 0 Å². The van der Waals surface area contributed by atoms with Gasteiger partial charge in [-0.05, 0) is 49.4 Å². The van der Waals surface area contributed by atoms with Crippen molar-refractivity contribution in [3.63, 3.8) is 0 Å². The summed E-state index contributed by atoms with van der Waals surface area (Å²) in [5.41, 5.74) is 5.57. The summed E-state index contributed by atoms with van der Waals surface area (Å²) in [5, 5.41) is 1.13. The van der Waals surface area contributed by atoms with Gasteiger partial charge >= 0.3 is 0 Å². The Morgan fingerprint density at radius 2 is 2.15 bits per heavy atom. The minimum absolute atomic E-state index is 0.768. The highest BCUT2D eigenvalue weighted by molar-refractivity contribution is 7.71. The maximum absolute atomic E-state index is 5.55. The quantitative estimate of drug-likeness (QED) is 0.858. The highest BCUT2D eigenvalue weighted by Crippen LogP contribution is 2.23. The zero-order valence-corrected chi connectivity index (χ0v) is 12.7. The minimum Gasteiger partial charge on any atom is -0.323 e. The van der Waals surface area contributed by atoms with Gasteiger partial charge in [-0.15, -0.1) is 0 Å². The first-order valence-corrected chi connectivity index (χ1v) is 7.88. The average Bonchev–Trinajstić information content (AvgIpc) is 2.49. The summed E-state index contributed by atoms with van der Waals surface area (Å²) in [6, 6.07) is 6.17. The van der Waals surface area contributed by atoms with E-state index in [1.54, 1.807) is 0 Å². The van der Waals surface area contributed by atoms with Crippen LogP contribution in [0.15, 0.2) is 24.4 Å². The van der Waals surface area contributed by atoms with E-state index in [4.69, 9.17) is 12.2 Å². The van der Waals surface area contributed by atoms with Crippen LogP contribution in [0.5, 0.6) is 0 Å². The molecule has 0 bridgehead atoms. The van der Waals surface area contributed by atoms with Crippen molar-refractivity contribution in [3.8, 4) is 0 Å². The predicted molar refractivity (Wildman–Crippen MR) is 86.1 cm³/mol. The number of pyridine rings is 2. The number of nitrogens with one attached hydrogen (secondary N) is 1. The maximum Gasteiger partial charge on any atom is 0.159 e. The summed E-state index contributed by atoms with van der Waals surface area (Å²) in [4.78, 5) is 4.48. The molecule has 4 heteroatoms. The first kappa shape index (κ1) is 13.6. The number of nitrogens with zero attached hydrogens (tertiary/aromatic N) is 2. The molecule has 106 valence electrons. The minimum atomic E-state index is 0.768. The van der Waals surface area contributed by atoms with Crippen molar-refractivity contribution in [2.24, 2.45) is 5.92 Å². The largest absolute Gasteiger partial charge is 0.323 e. The van der Waals surface area contributed by atoms with E-state index in [-0.39, 0.29) is 0 Å². The molecule has 1 saturated carbocycles. The summed E-state index contributed by atoms with van der Waals surface area (Å²) in [7, 11) is 0. The summed E-state index contributed by atoms with van der Waals surface area (Å²) >= 11 is 5.55. The molecule has 2 aromatic rings. The molecule has 0 unspecified atom stereocenters. The second kappa shape index (κ2) is 5.92. The van der Waals surface area contributed by atoms with Crippen LogP contribution in [-0.2, 0) is 0 Å². The van der Waals surface area contributed by atoms with E-state index in [0.717, 1.165) is 33.7 Å². The summed E-state index contributed by atoms with van der Waals surface area (Å²) in [6.07, 6.45) is 8.61. The Balaban J connectivity index is 1.89. The van der Waals surface area contributed by atoms with Gasteiger partial charge in [-0.1, -0.05) is 31.5 Å². The first-order chi connectivity index (χ1) is 9.75. The Labute approximate surface area is 125 Å².